The summed E-state index contributed by atoms with van der Waals surface area (Å²) in [6.45, 7) is 0.341. The second kappa shape index (κ2) is 9.00. The zero-order valence-electron chi connectivity index (χ0n) is 17.2. The predicted molar refractivity (Wildman–Crippen MR) is 120 cm³/mol. The van der Waals surface area contributed by atoms with Crippen LogP contribution in [0.3, 0.4) is 0 Å². The molecule has 0 unspecified atom stereocenters. The van der Waals surface area contributed by atoms with E-state index < -0.39 is 0 Å². The van der Waals surface area contributed by atoms with Gasteiger partial charge in [-0.15, -0.1) is 10.2 Å². The van der Waals surface area contributed by atoms with Gasteiger partial charge in [0, 0.05) is 17.4 Å². The summed E-state index contributed by atoms with van der Waals surface area (Å²) in [5.74, 6) is 1.44. The topological polar surface area (TPSA) is 73.0 Å². The van der Waals surface area contributed by atoms with Crippen LogP contribution in [0.15, 0.2) is 76.5 Å². The first-order chi connectivity index (χ1) is 15.7. The largest absolute Gasteiger partial charge is 0.467 e. The van der Waals surface area contributed by atoms with E-state index in [9.17, 15) is 9.18 Å². The highest BCUT2D eigenvalue weighted by Gasteiger charge is 2.30. The quantitative estimate of drug-likeness (QED) is 0.374. The average molecular weight is 449 g/mol. The van der Waals surface area contributed by atoms with E-state index in [-0.39, 0.29) is 11.7 Å². The molecule has 162 valence electrons. The molecule has 0 radical (unpaired) electrons. The Morgan fingerprint density at radius 3 is 2.78 bits per heavy atom. The number of thioether (sulfide) groups is 1. The number of nitrogens with one attached hydrogen (secondary N) is 1. The Balaban J connectivity index is 1.29. The van der Waals surface area contributed by atoms with E-state index in [1.165, 1.54) is 6.07 Å². The van der Waals surface area contributed by atoms with Crippen LogP contribution in [-0.4, -0.2) is 20.7 Å². The molecule has 0 aliphatic heterocycles. The van der Waals surface area contributed by atoms with Gasteiger partial charge in [0.05, 0.1) is 18.4 Å². The molecular formula is C24H21FN4O2S. The molecule has 6 nitrogen and oxygen atoms in total. The Labute approximate surface area is 188 Å². The molecule has 0 spiro atoms. The summed E-state index contributed by atoms with van der Waals surface area (Å²) in [6, 6.07) is 18.1. The lowest BCUT2D eigenvalue weighted by Crippen LogP contribution is -2.22. The van der Waals surface area contributed by atoms with E-state index in [4.69, 9.17) is 4.42 Å². The monoisotopic (exact) mass is 448 g/mol. The van der Waals surface area contributed by atoms with E-state index in [0.717, 1.165) is 23.6 Å². The molecule has 0 bridgehead atoms. The molecule has 0 atom stereocenters. The third kappa shape index (κ3) is 4.45. The summed E-state index contributed by atoms with van der Waals surface area (Å²) >= 11 is 1.54. The average Bonchev–Trinajstić information content (AvgIpc) is 3.34. The summed E-state index contributed by atoms with van der Waals surface area (Å²) in [5.41, 5.74) is 2.05. The van der Waals surface area contributed by atoms with Crippen LogP contribution in [0.2, 0.25) is 0 Å². The van der Waals surface area contributed by atoms with Crippen molar-refractivity contribution in [3.63, 3.8) is 0 Å². The minimum Gasteiger partial charge on any atom is -0.467 e. The number of hydrogen-bond donors (Lipinski definition) is 1. The van der Waals surface area contributed by atoms with Crippen molar-refractivity contribution in [3.8, 4) is 11.4 Å². The first-order valence-corrected chi connectivity index (χ1v) is 11.4. The number of aromatic nitrogens is 3. The predicted octanol–water partition coefficient (Wildman–Crippen LogP) is 5.23. The second-order valence-electron chi connectivity index (χ2n) is 7.64. The number of carbonyl (C=O) groups excluding carboxylic acids is 1. The van der Waals surface area contributed by atoms with Gasteiger partial charge in [0.1, 0.15) is 11.6 Å². The van der Waals surface area contributed by atoms with Crippen molar-refractivity contribution >= 4 is 17.7 Å². The van der Waals surface area contributed by atoms with Gasteiger partial charge in [0.25, 0.3) is 5.91 Å². The van der Waals surface area contributed by atoms with E-state index >= 15 is 0 Å². The van der Waals surface area contributed by atoms with Crippen LogP contribution in [0.1, 0.15) is 40.6 Å². The Morgan fingerprint density at radius 1 is 1.12 bits per heavy atom. The van der Waals surface area contributed by atoms with Crippen molar-refractivity contribution in [3.05, 3.63) is 89.6 Å². The molecule has 4 aromatic rings. The van der Waals surface area contributed by atoms with Gasteiger partial charge in [0.15, 0.2) is 11.0 Å². The lowest BCUT2D eigenvalue weighted by atomic mass is 10.1. The number of benzene rings is 2. The molecule has 0 saturated heterocycles. The first-order valence-electron chi connectivity index (χ1n) is 10.4. The van der Waals surface area contributed by atoms with Gasteiger partial charge in [-0.3, -0.25) is 9.36 Å². The van der Waals surface area contributed by atoms with Crippen LogP contribution in [0, 0.1) is 5.82 Å². The van der Waals surface area contributed by atoms with Crippen molar-refractivity contribution in [2.24, 2.45) is 0 Å². The standard InChI is InChI=1S/C24H21FN4O2S/c25-21-9-2-1-8-20(21)22-27-28-24(29(22)18-10-11-18)32-15-16-5-3-6-17(13-16)23(30)26-14-19-7-4-12-31-19/h1-9,12-13,18H,10-11,14-15H2,(H,26,30). The van der Waals surface area contributed by atoms with Crippen molar-refractivity contribution in [1.82, 2.24) is 20.1 Å². The van der Waals surface area contributed by atoms with Crippen LogP contribution < -0.4 is 5.32 Å². The molecular weight excluding hydrogens is 427 g/mol. The highest BCUT2D eigenvalue weighted by Crippen LogP contribution is 2.41. The number of nitrogens with zero attached hydrogens (tertiary/aromatic N) is 3. The van der Waals surface area contributed by atoms with E-state index in [1.54, 1.807) is 48.4 Å². The fourth-order valence-electron chi connectivity index (χ4n) is 3.50. The molecule has 1 aliphatic carbocycles. The summed E-state index contributed by atoms with van der Waals surface area (Å²) in [6.07, 6.45) is 3.66. The zero-order chi connectivity index (χ0) is 21.9. The summed E-state index contributed by atoms with van der Waals surface area (Å²) < 4.78 is 21.6. The van der Waals surface area contributed by atoms with Crippen LogP contribution in [0.4, 0.5) is 4.39 Å². The fourth-order valence-corrected chi connectivity index (χ4v) is 4.44. The molecule has 2 aromatic carbocycles. The smallest absolute Gasteiger partial charge is 0.251 e. The second-order valence-corrected chi connectivity index (χ2v) is 8.58. The van der Waals surface area contributed by atoms with Gasteiger partial charge in [0.2, 0.25) is 0 Å². The maximum absolute atomic E-state index is 14.3. The molecule has 2 heterocycles. The highest BCUT2D eigenvalue weighted by atomic mass is 32.2. The van der Waals surface area contributed by atoms with E-state index in [1.807, 2.05) is 28.8 Å². The third-order valence-electron chi connectivity index (χ3n) is 5.25. The van der Waals surface area contributed by atoms with Crippen LogP contribution in [0.25, 0.3) is 11.4 Å². The number of carbonyl (C=O) groups is 1. The Hall–Kier alpha value is -3.39. The van der Waals surface area contributed by atoms with Gasteiger partial charge in [-0.25, -0.2) is 4.39 Å². The SMILES string of the molecule is O=C(NCc1ccco1)c1cccc(CSc2nnc(-c3ccccc3F)n2C2CC2)c1. The summed E-state index contributed by atoms with van der Waals surface area (Å²) in [7, 11) is 0. The van der Waals surface area contributed by atoms with Gasteiger partial charge in [-0.05, 0) is 54.8 Å². The number of rotatable bonds is 8. The Bertz CT molecular complexity index is 1230. The number of amides is 1. The minimum atomic E-state index is -0.299. The lowest BCUT2D eigenvalue weighted by Gasteiger charge is -2.10. The van der Waals surface area contributed by atoms with Gasteiger partial charge < -0.3 is 9.73 Å². The molecule has 1 saturated carbocycles. The molecule has 2 aromatic heterocycles. The maximum Gasteiger partial charge on any atom is 0.251 e. The first kappa shape index (κ1) is 20.5. The summed E-state index contributed by atoms with van der Waals surface area (Å²) in [4.78, 5) is 12.5. The third-order valence-corrected chi connectivity index (χ3v) is 6.27. The normalized spacial score (nSPS) is 13.3. The molecule has 5 rings (SSSR count). The molecule has 8 heteroatoms. The molecule has 1 N–H and O–H groups in total. The van der Waals surface area contributed by atoms with Crippen LogP contribution in [-0.2, 0) is 12.3 Å². The van der Waals surface area contributed by atoms with E-state index in [0.29, 0.717) is 41.1 Å². The number of hydrogen-bond acceptors (Lipinski definition) is 5. The van der Waals surface area contributed by atoms with Gasteiger partial charge in [-0.2, -0.15) is 0 Å². The Morgan fingerprint density at radius 2 is 2.00 bits per heavy atom. The highest BCUT2D eigenvalue weighted by molar-refractivity contribution is 7.98. The fraction of sp³-hybridized carbons (Fsp3) is 0.208. The zero-order valence-corrected chi connectivity index (χ0v) is 18.0. The minimum absolute atomic E-state index is 0.156. The number of halogens is 1. The van der Waals surface area contributed by atoms with Crippen LogP contribution >= 0.6 is 11.8 Å². The van der Waals surface area contributed by atoms with E-state index in [2.05, 4.69) is 15.5 Å². The van der Waals surface area contributed by atoms with Crippen LogP contribution in [0.5, 0.6) is 0 Å². The van der Waals surface area contributed by atoms with Crippen molar-refractivity contribution in [2.75, 3.05) is 0 Å². The molecule has 32 heavy (non-hydrogen) atoms. The number of furan rings is 1. The van der Waals surface area contributed by atoms with Crippen molar-refractivity contribution < 1.29 is 13.6 Å². The maximum atomic E-state index is 14.3. The van der Waals surface area contributed by atoms with Crippen molar-refractivity contribution in [2.45, 2.75) is 36.3 Å². The summed E-state index contributed by atoms with van der Waals surface area (Å²) in [5, 5.41) is 12.3. The molecule has 1 aliphatic rings. The van der Waals surface area contributed by atoms with Crippen molar-refractivity contribution in [1.29, 1.82) is 0 Å². The Kier molecular flexibility index (Phi) is 5.77. The lowest BCUT2D eigenvalue weighted by molar-refractivity contribution is 0.0948. The van der Waals surface area contributed by atoms with Gasteiger partial charge >= 0.3 is 0 Å². The molecule has 1 fully saturated rings. The van der Waals surface area contributed by atoms with Gasteiger partial charge in [-0.1, -0.05) is 36.0 Å². The molecule has 1 amide bonds.